The Morgan fingerprint density at radius 3 is 2.65 bits per heavy atom. The molecule has 6 nitrogen and oxygen atoms in total. The minimum absolute atomic E-state index is 0.324. The van der Waals surface area contributed by atoms with Gasteiger partial charge in [-0.2, -0.15) is 5.10 Å². The van der Waals surface area contributed by atoms with Gasteiger partial charge in [0.1, 0.15) is 17.4 Å². The number of rotatable bonds is 10. The maximum Gasteiger partial charge on any atom is 0.257 e. The average molecular weight is 429 g/mol. The van der Waals surface area contributed by atoms with E-state index in [1.165, 1.54) is 12.1 Å². The lowest BCUT2D eigenvalue weighted by Crippen LogP contribution is -2.13. The molecule has 0 bridgehead atoms. The van der Waals surface area contributed by atoms with E-state index in [0.29, 0.717) is 55.2 Å². The predicted molar refractivity (Wildman–Crippen MR) is 113 cm³/mol. The largest absolute Gasteiger partial charge is 0.493 e. The second kappa shape index (κ2) is 10.7. The van der Waals surface area contributed by atoms with Crippen molar-refractivity contribution in [3.63, 3.8) is 0 Å². The number of halogens is 2. The van der Waals surface area contributed by atoms with Crippen molar-refractivity contribution in [2.75, 3.05) is 25.6 Å². The molecular weight excluding hydrogens is 404 g/mol. The van der Waals surface area contributed by atoms with Gasteiger partial charge < -0.3 is 14.8 Å². The van der Waals surface area contributed by atoms with Gasteiger partial charge in [-0.1, -0.05) is 6.07 Å². The van der Waals surface area contributed by atoms with Crippen molar-refractivity contribution >= 4 is 11.7 Å². The Hall–Kier alpha value is -3.26. The Morgan fingerprint density at radius 1 is 1.10 bits per heavy atom. The Morgan fingerprint density at radius 2 is 1.94 bits per heavy atom. The number of benzene rings is 2. The summed E-state index contributed by atoms with van der Waals surface area (Å²) in [6, 6.07) is 10.5. The highest BCUT2D eigenvalue weighted by Crippen LogP contribution is 2.21. The third-order valence-corrected chi connectivity index (χ3v) is 4.64. The number of anilines is 1. The van der Waals surface area contributed by atoms with Crippen molar-refractivity contribution in [1.82, 2.24) is 9.78 Å². The third-order valence-electron chi connectivity index (χ3n) is 4.64. The van der Waals surface area contributed by atoms with Crippen LogP contribution in [-0.2, 0) is 24.6 Å². The summed E-state index contributed by atoms with van der Waals surface area (Å²) in [7, 11) is 3.38. The fourth-order valence-electron chi connectivity index (χ4n) is 3.09. The first kappa shape index (κ1) is 22.4. The number of hydrogen-bond donors (Lipinski definition) is 1. The van der Waals surface area contributed by atoms with Crippen molar-refractivity contribution in [1.29, 1.82) is 0 Å². The summed E-state index contributed by atoms with van der Waals surface area (Å²) in [4.78, 5) is 12.7. The van der Waals surface area contributed by atoms with Crippen LogP contribution in [0.2, 0.25) is 0 Å². The number of methoxy groups -OCH3 is 1. The van der Waals surface area contributed by atoms with E-state index in [-0.39, 0.29) is 5.91 Å². The molecule has 2 aromatic carbocycles. The topological polar surface area (TPSA) is 65.4 Å². The van der Waals surface area contributed by atoms with Gasteiger partial charge in [0.25, 0.3) is 5.91 Å². The van der Waals surface area contributed by atoms with E-state index in [4.69, 9.17) is 9.47 Å². The first-order valence-electron chi connectivity index (χ1n) is 9.95. The molecule has 0 spiro atoms. The molecule has 1 amide bonds. The fourth-order valence-corrected chi connectivity index (χ4v) is 3.09. The third kappa shape index (κ3) is 6.62. The first-order chi connectivity index (χ1) is 14.9. The molecule has 0 saturated heterocycles. The summed E-state index contributed by atoms with van der Waals surface area (Å²) in [6.07, 6.45) is 3.26. The number of hydrogen-bond acceptors (Lipinski definition) is 4. The summed E-state index contributed by atoms with van der Waals surface area (Å²) in [6.45, 7) is 1.00. The summed E-state index contributed by atoms with van der Waals surface area (Å²) in [5, 5.41) is 6.90. The Balaban J connectivity index is 1.77. The minimum atomic E-state index is -0.610. The lowest BCUT2D eigenvalue weighted by molar-refractivity contribution is 0.102. The van der Waals surface area contributed by atoms with Crippen molar-refractivity contribution < 1.29 is 23.0 Å². The molecule has 1 N–H and O–H groups in total. The fraction of sp³-hybridized carbons (Fsp3) is 0.304. The molecule has 0 radical (unpaired) electrons. The van der Waals surface area contributed by atoms with Crippen molar-refractivity contribution in [2.24, 2.45) is 7.05 Å². The SMILES string of the molecule is COCCCOc1cc(CCc2ccc(F)cc2F)cc(C(=O)Nc2ccn(C)n2)c1. The van der Waals surface area contributed by atoms with Crippen molar-refractivity contribution in [2.45, 2.75) is 19.3 Å². The van der Waals surface area contributed by atoms with E-state index < -0.39 is 11.6 Å². The molecule has 0 aliphatic heterocycles. The van der Waals surface area contributed by atoms with E-state index in [9.17, 15) is 13.6 Å². The summed E-state index contributed by atoms with van der Waals surface area (Å²) in [5.74, 6) is -0.537. The molecule has 3 rings (SSSR count). The zero-order valence-corrected chi connectivity index (χ0v) is 17.5. The van der Waals surface area contributed by atoms with Crippen LogP contribution < -0.4 is 10.1 Å². The van der Waals surface area contributed by atoms with E-state index in [0.717, 1.165) is 11.6 Å². The molecule has 0 unspecified atom stereocenters. The van der Waals surface area contributed by atoms with Crippen LogP contribution in [0.25, 0.3) is 0 Å². The molecule has 0 saturated carbocycles. The predicted octanol–water partition coefficient (Wildman–Crippen LogP) is 4.15. The minimum Gasteiger partial charge on any atom is -0.493 e. The van der Waals surface area contributed by atoms with Crippen LogP contribution in [0.3, 0.4) is 0 Å². The van der Waals surface area contributed by atoms with Crippen LogP contribution in [0.4, 0.5) is 14.6 Å². The Labute approximate surface area is 179 Å². The van der Waals surface area contributed by atoms with Gasteiger partial charge in [0.15, 0.2) is 5.82 Å². The Kier molecular flexibility index (Phi) is 7.72. The smallest absolute Gasteiger partial charge is 0.257 e. The highest BCUT2D eigenvalue weighted by molar-refractivity contribution is 6.04. The molecule has 1 heterocycles. The second-order valence-corrected chi connectivity index (χ2v) is 7.12. The van der Waals surface area contributed by atoms with Crippen LogP contribution in [-0.4, -0.2) is 36.0 Å². The van der Waals surface area contributed by atoms with Gasteiger partial charge in [0.05, 0.1) is 6.61 Å². The number of nitrogens with one attached hydrogen (secondary N) is 1. The standard InChI is InChI=1S/C23H25F2N3O3/c1-28-9-8-22(27-28)26-23(29)18-12-16(13-20(14-18)31-11-3-10-30-2)4-5-17-6-7-19(24)15-21(17)25/h6-9,12-15H,3-5,10-11H2,1-2H3,(H,26,27,29). The van der Waals surface area contributed by atoms with Crippen molar-refractivity contribution in [3.05, 3.63) is 77.0 Å². The number of ether oxygens (including phenoxy) is 2. The maximum absolute atomic E-state index is 14.0. The molecule has 1 aromatic heterocycles. The molecule has 31 heavy (non-hydrogen) atoms. The molecule has 0 aliphatic carbocycles. The quantitative estimate of drug-likeness (QED) is 0.492. The number of carbonyl (C=O) groups is 1. The van der Waals surface area contributed by atoms with Gasteiger partial charge in [-0.25, -0.2) is 8.78 Å². The molecule has 0 aliphatic rings. The molecule has 164 valence electrons. The van der Waals surface area contributed by atoms with Crippen LogP contribution in [0.15, 0.2) is 48.7 Å². The van der Waals surface area contributed by atoms with Crippen LogP contribution in [0.5, 0.6) is 5.75 Å². The zero-order valence-electron chi connectivity index (χ0n) is 17.5. The number of aryl methyl sites for hydroxylation is 3. The highest BCUT2D eigenvalue weighted by atomic mass is 19.1. The number of amides is 1. The summed E-state index contributed by atoms with van der Waals surface area (Å²) < 4.78 is 39.5. The van der Waals surface area contributed by atoms with E-state index in [1.807, 2.05) is 6.07 Å². The summed E-state index contributed by atoms with van der Waals surface area (Å²) >= 11 is 0. The van der Waals surface area contributed by atoms with E-state index in [2.05, 4.69) is 10.4 Å². The van der Waals surface area contributed by atoms with Gasteiger partial charge in [-0.15, -0.1) is 0 Å². The van der Waals surface area contributed by atoms with E-state index >= 15 is 0 Å². The molecule has 8 heteroatoms. The Bertz CT molecular complexity index is 1040. The highest BCUT2D eigenvalue weighted by Gasteiger charge is 2.12. The summed E-state index contributed by atoms with van der Waals surface area (Å²) in [5.41, 5.74) is 1.62. The molecular formula is C23H25F2N3O3. The lowest BCUT2D eigenvalue weighted by atomic mass is 10.0. The van der Waals surface area contributed by atoms with Crippen LogP contribution in [0.1, 0.15) is 27.9 Å². The molecule has 3 aromatic rings. The molecule has 0 fully saturated rings. The van der Waals surface area contributed by atoms with Crippen LogP contribution >= 0.6 is 0 Å². The van der Waals surface area contributed by atoms with Gasteiger partial charge in [0.2, 0.25) is 0 Å². The maximum atomic E-state index is 14.0. The first-order valence-corrected chi connectivity index (χ1v) is 9.95. The second-order valence-electron chi connectivity index (χ2n) is 7.12. The normalized spacial score (nSPS) is 10.8. The van der Waals surface area contributed by atoms with Gasteiger partial charge in [0, 0.05) is 51.1 Å². The van der Waals surface area contributed by atoms with Gasteiger partial charge in [-0.05, 0) is 48.2 Å². The number of nitrogens with zero attached hydrogens (tertiary/aromatic N) is 2. The molecule has 0 atom stereocenters. The zero-order chi connectivity index (χ0) is 22.2. The number of carbonyl (C=O) groups excluding carboxylic acids is 1. The van der Waals surface area contributed by atoms with Gasteiger partial charge >= 0.3 is 0 Å². The monoisotopic (exact) mass is 429 g/mol. The van der Waals surface area contributed by atoms with Crippen LogP contribution in [0, 0.1) is 11.6 Å². The van der Waals surface area contributed by atoms with Gasteiger partial charge in [-0.3, -0.25) is 9.48 Å². The van der Waals surface area contributed by atoms with Crippen molar-refractivity contribution in [3.8, 4) is 5.75 Å². The lowest BCUT2D eigenvalue weighted by Gasteiger charge is -2.12. The number of aromatic nitrogens is 2. The average Bonchev–Trinajstić information content (AvgIpc) is 3.15. The van der Waals surface area contributed by atoms with E-state index in [1.54, 1.807) is 43.2 Å².